The molecule has 0 aromatic heterocycles. The van der Waals surface area contributed by atoms with Crippen LogP contribution in [-0.2, 0) is 6.54 Å². The van der Waals surface area contributed by atoms with Gasteiger partial charge < -0.3 is 19.1 Å². The van der Waals surface area contributed by atoms with Crippen molar-refractivity contribution >= 4 is 17.2 Å². The predicted molar refractivity (Wildman–Crippen MR) is 125 cm³/mol. The van der Waals surface area contributed by atoms with E-state index in [0.29, 0.717) is 17.2 Å². The molecule has 6 rings (SSSR count). The van der Waals surface area contributed by atoms with E-state index in [0.717, 1.165) is 55.6 Å². The van der Waals surface area contributed by atoms with Gasteiger partial charge in [-0.2, -0.15) is 0 Å². The van der Waals surface area contributed by atoms with Crippen LogP contribution >= 0.6 is 0 Å². The van der Waals surface area contributed by atoms with E-state index in [2.05, 4.69) is 15.9 Å². The van der Waals surface area contributed by atoms with Gasteiger partial charge in [0, 0.05) is 44.9 Å². The Balaban J connectivity index is 1.24. The van der Waals surface area contributed by atoms with Gasteiger partial charge in [0.2, 0.25) is 6.79 Å². The van der Waals surface area contributed by atoms with Gasteiger partial charge in [-0.15, -0.1) is 0 Å². The van der Waals surface area contributed by atoms with E-state index in [1.807, 2.05) is 36.4 Å². The van der Waals surface area contributed by atoms with Gasteiger partial charge in [0.05, 0.1) is 10.5 Å². The first-order valence-corrected chi connectivity index (χ1v) is 11.1. The number of para-hydroxylation sites is 1. The molecule has 0 saturated carbocycles. The van der Waals surface area contributed by atoms with E-state index in [1.165, 1.54) is 17.7 Å². The minimum absolute atomic E-state index is 0.00930. The topological polar surface area (TPSA) is 89.7 Å². The average molecular weight is 458 g/mol. The zero-order valence-corrected chi connectivity index (χ0v) is 18.3. The first kappa shape index (κ1) is 20.5. The molecule has 3 aromatic carbocycles. The highest BCUT2D eigenvalue weighted by Gasteiger charge is 2.27. The Morgan fingerprint density at radius 3 is 2.53 bits per heavy atom. The first-order chi connectivity index (χ1) is 16.6. The number of nitro benzene ring substituents is 1. The highest BCUT2D eigenvalue weighted by molar-refractivity contribution is 6.03. The van der Waals surface area contributed by atoms with Crippen molar-refractivity contribution in [1.29, 1.82) is 0 Å². The number of benzene rings is 3. The molecule has 172 valence electrons. The number of amidine groups is 1. The second-order valence-corrected chi connectivity index (χ2v) is 8.39. The predicted octanol–water partition coefficient (Wildman–Crippen LogP) is 4.33. The zero-order valence-electron chi connectivity index (χ0n) is 18.3. The van der Waals surface area contributed by atoms with Gasteiger partial charge in [0.1, 0.15) is 17.3 Å². The second-order valence-electron chi connectivity index (χ2n) is 8.39. The summed E-state index contributed by atoms with van der Waals surface area (Å²) in [7, 11) is 0. The lowest BCUT2D eigenvalue weighted by molar-refractivity contribution is -0.384. The Labute approximate surface area is 195 Å². The number of fused-ring (bicyclic) bond motifs is 3. The van der Waals surface area contributed by atoms with Crippen molar-refractivity contribution in [2.45, 2.75) is 6.54 Å². The van der Waals surface area contributed by atoms with Crippen molar-refractivity contribution in [2.75, 3.05) is 33.0 Å². The largest absolute Gasteiger partial charge is 0.454 e. The number of hydrogen-bond donors (Lipinski definition) is 0. The smallest absolute Gasteiger partial charge is 0.271 e. The second kappa shape index (κ2) is 8.35. The molecule has 0 radical (unpaired) electrons. The Kier molecular flexibility index (Phi) is 5.03. The molecule has 0 amide bonds. The van der Waals surface area contributed by atoms with Crippen LogP contribution in [0.25, 0.3) is 0 Å². The lowest BCUT2D eigenvalue weighted by Crippen LogP contribution is -2.48. The van der Waals surface area contributed by atoms with Gasteiger partial charge in [-0.25, -0.2) is 4.99 Å². The number of hydrogen-bond acceptors (Lipinski definition) is 8. The van der Waals surface area contributed by atoms with E-state index in [-0.39, 0.29) is 12.5 Å². The summed E-state index contributed by atoms with van der Waals surface area (Å²) in [4.78, 5) is 20.4. The van der Waals surface area contributed by atoms with Crippen molar-refractivity contribution in [3.63, 3.8) is 0 Å². The summed E-state index contributed by atoms with van der Waals surface area (Å²) in [5.74, 6) is 3.57. The SMILES string of the molecule is O=[N+]([O-])c1ccc2c(c1)N=C(N1CCN(Cc3ccc4c(c3)OCO4)CC1)c1ccccc1O2. The molecule has 0 spiro atoms. The minimum Gasteiger partial charge on any atom is -0.454 e. The maximum absolute atomic E-state index is 11.3. The highest BCUT2D eigenvalue weighted by Crippen LogP contribution is 2.40. The Hall–Kier alpha value is -4.11. The third-order valence-electron chi connectivity index (χ3n) is 6.24. The van der Waals surface area contributed by atoms with E-state index in [9.17, 15) is 10.1 Å². The third-order valence-corrected chi connectivity index (χ3v) is 6.24. The van der Waals surface area contributed by atoms with Gasteiger partial charge in [-0.05, 0) is 35.9 Å². The Morgan fingerprint density at radius 1 is 0.882 bits per heavy atom. The number of ether oxygens (including phenoxy) is 3. The fourth-order valence-corrected chi connectivity index (χ4v) is 4.48. The van der Waals surface area contributed by atoms with Crippen LogP contribution in [-0.4, -0.2) is 53.5 Å². The fraction of sp³-hybridized carbons (Fsp3) is 0.240. The lowest BCUT2D eigenvalue weighted by Gasteiger charge is -2.36. The molecule has 0 unspecified atom stereocenters. The molecule has 0 bridgehead atoms. The lowest BCUT2D eigenvalue weighted by atomic mass is 10.1. The number of aliphatic imine (C=N–C) groups is 1. The van der Waals surface area contributed by atoms with Crippen molar-refractivity contribution in [2.24, 2.45) is 4.99 Å². The van der Waals surface area contributed by atoms with Crippen LogP contribution in [0.3, 0.4) is 0 Å². The van der Waals surface area contributed by atoms with Gasteiger partial charge in [0.15, 0.2) is 17.2 Å². The van der Waals surface area contributed by atoms with Gasteiger partial charge >= 0.3 is 0 Å². The van der Waals surface area contributed by atoms with Crippen LogP contribution in [0.5, 0.6) is 23.0 Å². The highest BCUT2D eigenvalue weighted by atomic mass is 16.7. The molecule has 3 aliphatic heterocycles. The molecule has 3 heterocycles. The molecular formula is C25H22N4O5. The maximum atomic E-state index is 11.3. The summed E-state index contributed by atoms with van der Waals surface area (Å²) in [6, 6.07) is 18.3. The maximum Gasteiger partial charge on any atom is 0.271 e. The van der Waals surface area contributed by atoms with Crippen molar-refractivity contribution in [1.82, 2.24) is 9.80 Å². The van der Waals surface area contributed by atoms with Crippen LogP contribution in [0.1, 0.15) is 11.1 Å². The quantitative estimate of drug-likeness (QED) is 0.426. The van der Waals surface area contributed by atoms with Crippen molar-refractivity contribution < 1.29 is 19.1 Å². The van der Waals surface area contributed by atoms with E-state index in [4.69, 9.17) is 19.2 Å². The van der Waals surface area contributed by atoms with Crippen LogP contribution in [0, 0.1) is 10.1 Å². The number of nitrogens with zero attached hydrogens (tertiary/aromatic N) is 4. The molecule has 34 heavy (non-hydrogen) atoms. The third kappa shape index (κ3) is 3.80. The number of rotatable bonds is 3. The average Bonchev–Trinajstić information content (AvgIpc) is 3.25. The number of piperazine rings is 1. The summed E-state index contributed by atoms with van der Waals surface area (Å²) in [5.41, 5.74) is 2.52. The van der Waals surface area contributed by atoms with E-state index < -0.39 is 4.92 Å². The molecular weight excluding hydrogens is 436 g/mol. The van der Waals surface area contributed by atoms with E-state index >= 15 is 0 Å². The summed E-state index contributed by atoms with van der Waals surface area (Å²) in [6.07, 6.45) is 0. The van der Waals surface area contributed by atoms with Gasteiger partial charge in [-0.1, -0.05) is 18.2 Å². The minimum atomic E-state index is -0.414. The standard InChI is InChI=1S/C25H22N4O5/c30-29(31)18-6-8-22-20(14-18)26-25(19-3-1-2-4-21(19)34-22)28-11-9-27(10-12-28)15-17-5-7-23-24(13-17)33-16-32-23/h1-8,13-14H,9-12,15-16H2. The molecule has 9 nitrogen and oxygen atoms in total. The molecule has 9 heteroatoms. The van der Waals surface area contributed by atoms with Crippen LogP contribution in [0.4, 0.5) is 11.4 Å². The van der Waals surface area contributed by atoms with Crippen LogP contribution < -0.4 is 14.2 Å². The molecule has 1 saturated heterocycles. The van der Waals surface area contributed by atoms with Crippen molar-refractivity contribution in [3.8, 4) is 23.0 Å². The Morgan fingerprint density at radius 2 is 1.68 bits per heavy atom. The van der Waals surface area contributed by atoms with Gasteiger partial charge in [0.25, 0.3) is 5.69 Å². The summed E-state index contributed by atoms with van der Waals surface area (Å²) >= 11 is 0. The molecule has 3 aliphatic rings. The molecule has 0 aliphatic carbocycles. The summed E-state index contributed by atoms with van der Waals surface area (Å²) in [6.45, 7) is 4.38. The zero-order chi connectivity index (χ0) is 23.1. The first-order valence-electron chi connectivity index (χ1n) is 11.1. The molecule has 0 N–H and O–H groups in total. The van der Waals surface area contributed by atoms with Crippen LogP contribution in [0.15, 0.2) is 65.7 Å². The normalized spacial score (nSPS) is 16.7. The monoisotopic (exact) mass is 458 g/mol. The molecule has 0 atom stereocenters. The van der Waals surface area contributed by atoms with Crippen molar-refractivity contribution in [3.05, 3.63) is 81.9 Å². The van der Waals surface area contributed by atoms with Crippen LogP contribution in [0.2, 0.25) is 0 Å². The number of non-ortho nitro benzene ring substituents is 1. The van der Waals surface area contributed by atoms with E-state index in [1.54, 1.807) is 6.07 Å². The Bertz CT molecular complexity index is 1300. The number of nitro groups is 1. The molecule has 3 aromatic rings. The van der Waals surface area contributed by atoms with Gasteiger partial charge in [-0.3, -0.25) is 15.0 Å². The molecule has 1 fully saturated rings. The fourth-order valence-electron chi connectivity index (χ4n) is 4.48. The summed E-state index contributed by atoms with van der Waals surface area (Å²) in [5, 5.41) is 11.3. The summed E-state index contributed by atoms with van der Waals surface area (Å²) < 4.78 is 17.0.